The van der Waals surface area contributed by atoms with Crippen molar-refractivity contribution in [1.29, 1.82) is 0 Å². The van der Waals surface area contributed by atoms with Gasteiger partial charge in [-0.1, -0.05) is 12.1 Å². The van der Waals surface area contributed by atoms with E-state index in [0.717, 1.165) is 17.9 Å². The second kappa shape index (κ2) is 6.27. The Balaban J connectivity index is 2.30. The van der Waals surface area contributed by atoms with Crippen LogP contribution in [0.25, 0.3) is 0 Å². The third-order valence-corrected chi connectivity index (χ3v) is 4.24. The number of hydrogen-bond donors (Lipinski definition) is 1. The molecule has 1 aromatic rings. The van der Waals surface area contributed by atoms with Gasteiger partial charge in [-0.25, -0.2) is 0 Å². The molecule has 3 nitrogen and oxygen atoms in total. The molecule has 1 amide bonds. The van der Waals surface area contributed by atoms with Crippen molar-refractivity contribution in [1.82, 2.24) is 10.2 Å². The third kappa shape index (κ3) is 3.52. The molecule has 0 aliphatic carbocycles. The summed E-state index contributed by atoms with van der Waals surface area (Å²) >= 11 is 1.60. The van der Waals surface area contributed by atoms with Gasteiger partial charge in [0.25, 0.3) is 0 Å². The van der Waals surface area contributed by atoms with Crippen molar-refractivity contribution in [3.05, 3.63) is 35.4 Å². The second-order valence-electron chi connectivity index (χ2n) is 5.01. The minimum absolute atomic E-state index is 0.0398. The molecule has 2 unspecified atom stereocenters. The molecular formula is C14H17F3N2OS. The SMILES string of the molecule is CSCC(C)N1C(=O)CNC1c1cccc(C(F)(F)F)c1. The molecule has 1 saturated heterocycles. The van der Waals surface area contributed by atoms with Crippen LogP contribution in [0.5, 0.6) is 0 Å². The number of halogens is 3. The molecule has 7 heteroatoms. The van der Waals surface area contributed by atoms with Crippen LogP contribution in [-0.2, 0) is 11.0 Å². The van der Waals surface area contributed by atoms with E-state index in [9.17, 15) is 18.0 Å². The first-order chi connectivity index (χ1) is 9.84. The highest BCUT2D eigenvalue weighted by atomic mass is 32.2. The molecule has 1 fully saturated rings. The number of rotatable bonds is 4. The van der Waals surface area contributed by atoms with Crippen LogP contribution < -0.4 is 5.32 Å². The largest absolute Gasteiger partial charge is 0.416 e. The first kappa shape index (κ1) is 16.2. The van der Waals surface area contributed by atoms with Crippen molar-refractivity contribution >= 4 is 17.7 Å². The quantitative estimate of drug-likeness (QED) is 0.926. The Morgan fingerprint density at radius 2 is 2.19 bits per heavy atom. The Morgan fingerprint density at radius 3 is 2.81 bits per heavy atom. The number of thioether (sulfide) groups is 1. The van der Waals surface area contributed by atoms with Crippen molar-refractivity contribution in [3.63, 3.8) is 0 Å². The van der Waals surface area contributed by atoms with Crippen molar-refractivity contribution in [2.45, 2.75) is 25.3 Å². The summed E-state index contributed by atoms with van der Waals surface area (Å²) in [6.07, 6.45) is -2.94. The number of nitrogens with one attached hydrogen (secondary N) is 1. The molecule has 1 heterocycles. The highest BCUT2D eigenvalue weighted by Gasteiger charge is 2.36. The predicted molar refractivity (Wildman–Crippen MR) is 76.9 cm³/mol. The number of nitrogens with zero attached hydrogens (tertiary/aromatic N) is 1. The maximum atomic E-state index is 12.8. The van der Waals surface area contributed by atoms with E-state index in [4.69, 9.17) is 0 Å². The van der Waals surface area contributed by atoms with E-state index >= 15 is 0 Å². The monoisotopic (exact) mass is 318 g/mol. The Hall–Kier alpha value is -1.21. The number of carbonyl (C=O) groups excluding carboxylic acids is 1. The zero-order valence-corrected chi connectivity index (χ0v) is 12.6. The van der Waals surface area contributed by atoms with E-state index in [0.29, 0.717) is 5.56 Å². The van der Waals surface area contributed by atoms with Crippen molar-refractivity contribution in [3.8, 4) is 0 Å². The highest BCUT2D eigenvalue weighted by Crippen LogP contribution is 2.33. The summed E-state index contributed by atoms with van der Waals surface area (Å²) in [5.41, 5.74) is -0.234. The molecule has 116 valence electrons. The Kier molecular flexibility index (Phi) is 4.83. The van der Waals surface area contributed by atoms with E-state index in [1.165, 1.54) is 6.07 Å². The van der Waals surface area contributed by atoms with Crippen molar-refractivity contribution < 1.29 is 18.0 Å². The lowest BCUT2D eigenvalue weighted by Crippen LogP contribution is -2.39. The van der Waals surface area contributed by atoms with Gasteiger partial charge in [-0.3, -0.25) is 10.1 Å². The van der Waals surface area contributed by atoms with Crippen LogP contribution in [0.3, 0.4) is 0 Å². The zero-order valence-electron chi connectivity index (χ0n) is 11.8. The smallest absolute Gasteiger partial charge is 0.318 e. The number of hydrogen-bond acceptors (Lipinski definition) is 3. The van der Waals surface area contributed by atoms with Gasteiger partial charge in [0.05, 0.1) is 12.1 Å². The molecule has 1 aromatic carbocycles. The first-order valence-corrected chi connectivity index (χ1v) is 7.94. The van der Waals surface area contributed by atoms with Gasteiger partial charge in [-0.2, -0.15) is 24.9 Å². The summed E-state index contributed by atoms with van der Waals surface area (Å²) in [5, 5.41) is 2.99. The maximum Gasteiger partial charge on any atom is 0.416 e. The van der Waals surface area contributed by atoms with E-state index < -0.39 is 17.9 Å². The fourth-order valence-corrected chi connectivity index (χ4v) is 3.15. The van der Waals surface area contributed by atoms with Gasteiger partial charge < -0.3 is 4.90 Å². The minimum atomic E-state index is -4.38. The maximum absolute atomic E-state index is 12.8. The summed E-state index contributed by atoms with van der Waals surface area (Å²) < 4.78 is 38.4. The lowest BCUT2D eigenvalue weighted by molar-refractivity contribution is -0.137. The van der Waals surface area contributed by atoms with Crippen molar-refractivity contribution in [2.24, 2.45) is 0 Å². The Labute approximate surface area is 125 Å². The predicted octanol–water partition coefficient (Wildman–Crippen LogP) is 2.89. The molecule has 0 saturated carbocycles. The average molecular weight is 318 g/mol. The molecule has 2 rings (SSSR count). The van der Waals surface area contributed by atoms with Crippen LogP contribution >= 0.6 is 11.8 Å². The normalized spacial score (nSPS) is 20.9. The lowest BCUT2D eigenvalue weighted by atomic mass is 10.1. The minimum Gasteiger partial charge on any atom is -0.318 e. The van der Waals surface area contributed by atoms with Crippen LogP contribution in [0.2, 0.25) is 0 Å². The molecule has 0 radical (unpaired) electrons. The molecule has 0 aromatic heterocycles. The van der Waals surface area contributed by atoms with Gasteiger partial charge in [0.15, 0.2) is 0 Å². The summed E-state index contributed by atoms with van der Waals surface area (Å²) in [6, 6.07) is 5.09. The van der Waals surface area contributed by atoms with Gasteiger partial charge in [0, 0.05) is 11.8 Å². The average Bonchev–Trinajstić information content (AvgIpc) is 2.80. The zero-order chi connectivity index (χ0) is 15.6. The highest BCUT2D eigenvalue weighted by molar-refractivity contribution is 7.98. The fraction of sp³-hybridized carbons (Fsp3) is 0.500. The number of alkyl halides is 3. The Morgan fingerprint density at radius 1 is 1.48 bits per heavy atom. The van der Waals surface area contributed by atoms with Gasteiger partial charge in [0.2, 0.25) is 5.91 Å². The van der Waals surface area contributed by atoms with Crippen molar-refractivity contribution in [2.75, 3.05) is 18.6 Å². The molecule has 0 bridgehead atoms. The van der Waals surface area contributed by atoms with E-state index in [1.54, 1.807) is 22.7 Å². The number of carbonyl (C=O) groups is 1. The molecule has 1 aliphatic heterocycles. The first-order valence-electron chi connectivity index (χ1n) is 6.55. The third-order valence-electron chi connectivity index (χ3n) is 3.43. The fourth-order valence-electron chi connectivity index (χ4n) is 2.50. The van der Waals surface area contributed by atoms with E-state index in [-0.39, 0.29) is 18.5 Å². The van der Waals surface area contributed by atoms with Gasteiger partial charge in [0.1, 0.15) is 6.17 Å². The standard InChI is InChI=1S/C14H17F3N2OS/c1-9(8-21-2)19-12(20)7-18-13(19)10-4-3-5-11(6-10)14(15,16)17/h3-6,9,13,18H,7-8H2,1-2H3. The van der Waals surface area contributed by atoms with Gasteiger partial charge >= 0.3 is 6.18 Å². The lowest BCUT2D eigenvalue weighted by Gasteiger charge is -2.30. The molecule has 1 aliphatic rings. The number of benzene rings is 1. The molecule has 0 spiro atoms. The summed E-state index contributed by atoms with van der Waals surface area (Å²) in [4.78, 5) is 13.6. The summed E-state index contributed by atoms with van der Waals surface area (Å²) in [5.74, 6) is 0.655. The van der Waals surface area contributed by atoms with E-state index in [1.807, 2.05) is 13.2 Å². The van der Waals surface area contributed by atoms with Crippen LogP contribution in [-0.4, -0.2) is 35.4 Å². The Bertz CT molecular complexity index is 521. The summed E-state index contributed by atoms with van der Waals surface area (Å²) in [7, 11) is 0. The second-order valence-corrected chi connectivity index (χ2v) is 5.92. The van der Waals surface area contributed by atoms with Crippen LogP contribution in [0, 0.1) is 0 Å². The number of amides is 1. The summed E-state index contributed by atoms with van der Waals surface area (Å²) in [6.45, 7) is 2.06. The molecule has 2 atom stereocenters. The van der Waals surface area contributed by atoms with Gasteiger partial charge in [-0.15, -0.1) is 0 Å². The van der Waals surface area contributed by atoms with Crippen LogP contribution in [0.1, 0.15) is 24.2 Å². The topological polar surface area (TPSA) is 32.3 Å². The molecular weight excluding hydrogens is 301 g/mol. The molecule has 21 heavy (non-hydrogen) atoms. The molecule has 1 N–H and O–H groups in total. The van der Waals surface area contributed by atoms with Gasteiger partial charge in [-0.05, 0) is 30.9 Å². The van der Waals surface area contributed by atoms with Crippen LogP contribution in [0.15, 0.2) is 24.3 Å². The van der Waals surface area contributed by atoms with E-state index in [2.05, 4.69) is 5.32 Å². The van der Waals surface area contributed by atoms with Crippen LogP contribution in [0.4, 0.5) is 13.2 Å².